The van der Waals surface area contributed by atoms with Gasteiger partial charge < -0.3 is 5.32 Å². The molecule has 9 heteroatoms. The van der Waals surface area contributed by atoms with Crippen LogP contribution in [0.25, 0.3) is 0 Å². The van der Waals surface area contributed by atoms with Crippen molar-refractivity contribution in [3.05, 3.63) is 54.4 Å². The number of sulfonamides is 1. The number of rotatable bonds is 9. The fraction of sp³-hybridized carbons (Fsp3) is 0.474. The van der Waals surface area contributed by atoms with Crippen LogP contribution >= 0.6 is 0 Å². The van der Waals surface area contributed by atoms with Crippen molar-refractivity contribution in [3.8, 4) is 0 Å². The monoisotopic (exact) mass is 405 g/mol. The predicted molar refractivity (Wildman–Crippen MR) is 107 cm³/mol. The molecule has 0 spiro atoms. The Labute approximate surface area is 166 Å². The highest BCUT2D eigenvalue weighted by Gasteiger charge is 2.27. The van der Waals surface area contributed by atoms with Crippen molar-refractivity contribution in [3.63, 3.8) is 0 Å². The number of nitrogens with one attached hydrogen (secondary N) is 1. The summed E-state index contributed by atoms with van der Waals surface area (Å²) < 4.78 is 28.5. The van der Waals surface area contributed by atoms with Crippen LogP contribution in [0.4, 0.5) is 0 Å². The molecule has 1 N–H and O–H groups in total. The Bertz CT molecular complexity index is 832. The number of carbonyl (C=O) groups excluding carboxylic acids is 1. The average molecular weight is 406 g/mol. The summed E-state index contributed by atoms with van der Waals surface area (Å²) in [5.41, 5.74) is 0.791. The molecule has 0 bridgehead atoms. The zero-order valence-electron chi connectivity index (χ0n) is 15.9. The Morgan fingerprint density at radius 1 is 1.07 bits per heavy atom. The van der Waals surface area contributed by atoms with Crippen LogP contribution in [0.1, 0.15) is 12.0 Å². The molecular formula is C19H27N5O3S. The van der Waals surface area contributed by atoms with Crippen LogP contribution in [0.3, 0.4) is 0 Å². The van der Waals surface area contributed by atoms with E-state index in [2.05, 4.69) is 10.4 Å². The Morgan fingerprint density at radius 2 is 1.82 bits per heavy atom. The van der Waals surface area contributed by atoms with Gasteiger partial charge in [-0.05, 0) is 18.1 Å². The molecule has 1 fully saturated rings. The van der Waals surface area contributed by atoms with E-state index in [1.165, 1.54) is 4.31 Å². The maximum absolute atomic E-state index is 12.6. The SMILES string of the molecule is O=C(CN1CCN(S(=O)(=O)Cc2ccccc2)CC1)NCCCn1cccn1. The van der Waals surface area contributed by atoms with E-state index < -0.39 is 10.0 Å². The van der Waals surface area contributed by atoms with Gasteiger partial charge in [-0.15, -0.1) is 0 Å². The first-order valence-corrected chi connectivity index (χ1v) is 11.1. The minimum Gasteiger partial charge on any atom is -0.355 e. The van der Waals surface area contributed by atoms with E-state index in [4.69, 9.17) is 0 Å². The van der Waals surface area contributed by atoms with Crippen LogP contribution in [0, 0.1) is 0 Å². The molecule has 1 amide bonds. The summed E-state index contributed by atoms with van der Waals surface area (Å²) in [4.78, 5) is 14.1. The van der Waals surface area contributed by atoms with E-state index >= 15 is 0 Å². The van der Waals surface area contributed by atoms with Crippen molar-refractivity contribution < 1.29 is 13.2 Å². The van der Waals surface area contributed by atoms with Gasteiger partial charge in [0.2, 0.25) is 15.9 Å². The molecule has 3 rings (SSSR count). The third-order valence-electron chi connectivity index (χ3n) is 4.73. The summed E-state index contributed by atoms with van der Waals surface area (Å²) >= 11 is 0. The van der Waals surface area contributed by atoms with Gasteiger partial charge in [-0.25, -0.2) is 8.42 Å². The van der Waals surface area contributed by atoms with E-state index in [0.717, 1.165) is 18.5 Å². The second kappa shape index (κ2) is 9.81. The first kappa shape index (κ1) is 20.5. The smallest absolute Gasteiger partial charge is 0.234 e. The van der Waals surface area contributed by atoms with Crippen LogP contribution in [-0.4, -0.2) is 72.6 Å². The third-order valence-corrected chi connectivity index (χ3v) is 6.58. The fourth-order valence-electron chi connectivity index (χ4n) is 3.20. The summed E-state index contributed by atoms with van der Waals surface area (Å²) in [6, 6.07) is 11.1. The average Bonchev–Trinajstić information content (AvgIpc) is 3.20. The molecule has 2 aromatic rings. The van der Waals surface area contributed by atoms with Crippen LogP contribution < -0.4 is 5.32 Å². The molecule has 0 unspecified atom stereocenters. The Morgan fingerprint density at radius 3 is 2.50 bits per heavy atom. The lowest BCUT2D eigenvalue weighted by atomic mass is 10.2. The largest absolute Gasteiger partial charge is 0.355 e. The predicted octanol–water partition coefficient (Wildman–Crippen LogP) is 0.537. The number of aromatic nitrogens is 2. The number of benzene rings is 1. The van der Waals surface area contributed by atoms with Crippen molar-refractivity contribution in [1.29, 1.82) is 0 Å². The van der Waals surface area contributed by atoms with E-state index in [0.29, 0.717) is 39.3 Å². The number of amides is 1. The summed E-state index contributed by atoms with van der Waals surface area (Å²) in [6.07, 6.45) is 4.45. The molecule has 0 atom stereocenters. The molecule has 8 nitrogen and oxygen atoms in total. The van der Waals surface area contributed by atoms with Crippen molar-refractivity contribution in [2.24, 2.45) is 0 Å². The Hall–Kier alpha value is -2.23. The Balaban J connectivity index is 1.35. The lowest BCUT2D eigenvalue weighted by Crippen LogP contribution is -2.51. The van der Waals surface area contributed by atoms with Crippen molar-refractivity contribution in [2.75, 3.05) is 39.3 Å². The van der Waals surface area contributed by atoms with E-state index in [-0.39, 0.29) is 11.7 Å². The van der Waals surface area contributed by atoms with Crippen LogP contribution in [0.5, 0.6) is 0 Å². The van der Waals surface area contributed by atoms with Crippen molar-refractivity contribution >= 4 is 15.9 Å². The maximum atomic E-state index is 12.6. The van der Waals surface area contributed by atoms with Gasteiger partial charge in [0.15, 0.2) is 0 Å². The van der Waals surface area contributed by atoms with Crippen LogP contribution in [-0.2, 0) is 27.1 Å². The van der Waals surface area contributed by atoms with Gasteiger partial charge in [-0.1, -0.05) is 30.3 Å². The van der Waals surface area contributed by atoms with Crippen LogP contribution in [0.15, 0.2) is 48.8 Å². The zero-order valence-corrected chi connectivity index (χ0v) is 16.7. The molecule has 1 saturated heterocycles. The van der Waals surface area contributed by atoms with Gasteiger partial charge in [0.25, 0.3) is 0 Å². The minimum absolute atomic E-state index is 0.0184. The molecule has 1 aliphatic rings. The molecule has 1 aromatic carbocycles. The summed E-state index contributed by atoms with van der Waals surface area (Å²) in [7, 11) is -3.33. The molecule has 1 aliphatic heterocycles. The topological polar surface area (TPSA) is 87.5 Å². The summed E-state index contributed by atoms with van der Waals surface area (Å²) in [5.74, 6) is -0.00837. The maximum Gasteiger partial charge on any atom is 0.234 e. The first-order valence-electron chi connectivity index (χ1n) is 9.51. The highest BCUT2D eigenvalue weighted by atomic mass is 32.2. The lowest BCUT2D eigenvalue weighted by molar-refractivity contribution is -0.122. The van der Waals surface area contributed by atoms with Gasteiger partial charge >= 0.3 is 0 Å². The second-order valence-corrected chi connectivity index (χ2v) is 8.86. The molecule has 2 heterocycles. The van der Waals surface area contributed by atoms with Gasteiger partial charge in [0, 0.05) is 51.7 Å². The van der Waals surface area contributed by atoms with Gasteiger partial charge in [0.1, 0.15) is 0 Å². The van der Waals surface area contributed by atoms with Crippen molar-refractivity contribution in [1.82, 2.24) is 24.3 Å². The zero-order chi connectivity index (χ0) is 19.8. The molecule has 1 aromatic heterocycles. The number of piperazine rings is 1. The fourth-order valence-corrected chi connectivity index (χ4v) is 4.72. The van der Waals surface area contributed by atoms with Gasteiger partial charge in [0.05, 0.1) is 12.3 Å². The quantitative estimate of drug-likeness (QED) is 0.615. The summed E-state index contributed by atoms with van der Waals surface area (Å²) in [6.45, 7) is 3.64. The number of hydrogen-bond acceptors (Lipinski definition) is 5. The van der Waals surface area contributed by atoms with Crippen LogP contribution in [0.2, 0.25) is 0 Å². The highest BCUT2D eigenvalue weighted by Crippen LogP contribution is 2.13. The standard InChI is InChI=1S/C19H27N5O3S/c25-19(20-8-4-10-23-11-5-9-21-23)16-22-12-14-24(15-13-22)28(26,27)17-18-6-2-1-3-7-18/h1-3,5-7,9,11H,4,8,10,12-17H2,(H,20,25). The molecule has 28 heavy (non-hydrogen) atoms. The molecule has 0 radical (unpaired) electrons. The molecule has 152 valence electrons. The number of carbonyl (C=O) groups is 1. The van der Waals surface area contributed by atoms with E-state index in [1.807, 2.05) is 52.2 Å². The number of aryl methyl sites for hydroxylation is 1. The second-order valence-electron chi connectivity index (χ2n) is 6.89. The highest BCUT2D eigenvalue weighted by molar-refractivity contribution is 7.88. The van der Waals surface area contributed by atoms with Crippen molar-refractivity contribution in [2.45, 2.75) is 18.7 Å². The number of hydrogen-bond donors (Lipinski definition) is 1. The minimum atomic E-state index is -3.33. The Kier molecular flexibility index (Phi) is 7.18. The molecule has 0 saturated carbocycles. The third kappa shape index (κ3) is 6.15. The molecular weight excluding hydrogens is 378 g/mol. The first-order chi connectivity index (χ1) is 13.5. The summed E-state index contributed by atoms with van der Waals surface area (Å²) in [5, 5.41) is 7.03. The number of nitrogens with zero attached hydrogens (tertiary/aromatic N) is 4. The van der Waals surface area contributed by atoms with E-state index in [1.54, 1.807) is 6.20 Å². The molecule has 0 aliphatic carbocycles. The normalized spacial score (nSPS) is 16.1. The lowest BCUT2D eigenvalue weighted by Gasteiger charge is -2.33. The van der Waals surface area contributed by atoms with E-state index in [9.17, 15) is 13.2 Å². The van der Waals surface area contributed by atoms with Gasteiger partial charge in [-0.3, -0.25) is 14.4 Å². The van der Waals surface area contributed by atoms with Gasteiger partial charge in [-0.2, -0.15) is 9.40 Å².